The lowest BCUT2D eigenvalue weighted by molar-refractivity contribution is -0.155. The number of aliphatic hydroxyl groups is 4. The molecule has 3 saturated heterocycles. The molecule has 6 rings (SSSR count). The number of nitrogens with one attached hydrogen (secondary N) is 2. The first-order valence-electron chi connectivity index (χ1n) is 16.2. The highest BCUT2D eigenvalue weighted by Crippen LogP contribution is 2.32. The van der Waals surface area contributed by atoms with Gasteiger partial charge in [0.25, 0.3) is 0 Å². The van der Waals surface area contributed by atoms with E-state index in [-0.39, 0.29) is 36.9 Å². The minimum atomic E-state index is -1.49. The standard InChI is InChI=1S/C34H42FN3O11/c1-18(34(43)36-27-28(40)30(42)33-32(29(27)41)45-17-46-33)13-21-5-8-25(23(35)14-21)48-26-15-24(39)31(49-26)19(2)37-47-16-20-3-6-22(7-4-20)38-9-11-44-12-10-38/h3-8,13-14,24,26-30,32-33,37,39-42H,9-12,15-17H2,1-2H3,(H,36,43)/t24-,26-,27-,28+,29-,30-,32+,33-/m1/s1. The summed E-state index contributed by atoms with van der Waals surface area (Å²) in [5.74, 6) is -1.26. The minimum Gasteiger partial charge on any atom is -0.454 e. The number of hydrogen-bond acceptors (Lipinski definition) is 13. The van der Waals surface area contributed by atoms with E-state index in [0.29, 0.717) is 24.5 Å². The van der Waals surface area contributed by atoms with E-state index < -0.39 is 60.7 Å². The number of fused-ring (bicyclic) bond motifs is 1. The zero-order chi connectivity index (χ0) is 34.7. The molecule has 1 amide bonds. The Bertz CT molecular complexity index is 1530. The average Bonchev–Trinajstić information content (AvgIpc) is 3.74. The summed E-state index contributed by atoms with van der Waals surface area (Å²) < 4.78 is 42.5. The van der Waals surface area contributed by atoms with Gasteiger partial charge in [-0.1, -0.05) is 18.2 Å². The Hall–Kier alpha value is -3.80. The van der Waals surface area contributed by atoms with Crippen molar-refractivity contribution in [2.75, 3.05) is 38.0 Å². The molecular formula is C34H42FN3O11. The molecule has 4 fully saturated rings. The largest absolute Gasteiger partial charge is 0.454 e. The third kappa shape index (κ3) is 8.00. The quantitative estimate of drug-likeness (QED) is 0.153. The summed E-state index contributed by atoms with van der Waals surface area (Å²) in [6.07, 6.45) is -6.48. The van der Waals surface area contributed by atoms with Crippen LogP contribution >= 0.6 is 0 Å². The zero-order valence-electron chi connectivity index (χ0n) is 27.2. The number of anilines is 1. The van der Waals surface area contributed by atoms with Crippen LogP contribution in [-0.4, -0.2) is 108 Å². The van der Waals surface area contributed by atoms with E-state index >= 15 is 4.39 Å². The van der Waals surface area contributed by atoms with E-state index in [0.717, 1.165) is 24.3 Å². The van der Waals surface area contributed by atoms with Gasteiger partial charge in [0.1, 0.15) is 43.4 Å². The van der Waals surface area contributed by atoms with Crippen molar-refractivity contribution in [2.45, 2.75) is 75.8 Å². The molecular weight excluding hydrogens is 645 g/mol. The smallest absolute Gasteiger partial charge is 0.247 e. The summed E-state index contributed by atoms with van der Waals surface area (Å²) in [6, 6.07) is 10.9. The lowest BCUT2D eigenvalue weighted by Crippen LogP contribution is -2.67. The Morgan fingerprint density at radius 1 is 1.00 bits per heavy atom. The topological polar surface area (TPSA) is 181 Å². The maximum absolute atomic E-state index is 15.1. The Morgan fingerprint density at radius 2 is 1.71 bits per heavy atom. The second-order valence-electron chi connectivity index (χ2n) is 12.4. The van der Waals surface area contributed by atoms with Gasteiger partial charge in [0.15, 0.2) is 17.3 Å². The molecule has 1 aliphatic carbocycles. The number of ether oxygens (including phenoxy) is 5. The van der Waals surface area contributed by atoms with Crippen molar-refractivity contribution in [3.05, 3.63) is 76.4 Å². The van der Waals surface area contributed by atoms with Gasteiger partial charge in [0.2, 0.25) is 12.2 Å². The lowest BCUT2D eigenvalue weighted by atomic mass is 9.83. The van der Waals surface area contributed by atoms with Crippen LogP contribution in [0.5, 0.6) is 5.75 Å². The number of nitrogens with zero attached hydrogens (tertiary/aromatic N) is 1. The molecule has 8 atom stereocenters. The maximum Gasteiger partial charge on any atom is 0.247 e. The van der Waals surface area contributed by atoms with Gasteiger partial charge >= 0.3 is 0 Å². The van der Waals surface area contributed by atoms with E-state index in [9.17, 15) is 25.2 Å². The molecule has 0 aromatic heterocycles. The molecule has 2 aromatic carbocycles. The number of amides is 1. The van der Waals surface area contributed by atoms with Crippen molar-refractivity contribution in [1.82, 2.24) is 10.8 Å². The summed E-state index contributed by atoms with van der Waals surface area (Å²) in [7, 11) is 0. The number of hydrogen-bond donors (Lipinski definition) is 6. The van der Waals surface area contributed by atoms with Crippen molar-refractivity contribution in [3.63, 3.8) is 0 Å². The minimum absolute atomic E-state index is 0.0596. The van der Waals surface area contributed by atoms with Gasteiger partial charge in [-0.2, -0.15) is 0 Å². The van der Waals surface area contributed by atoms with Crippen molar-refractivity contribution in [1.29, 1.82) is 0 Å². The molecule has 15 heteroatoms. The number of halogens is 1. The van der Waals surface area contributed by atoms with Gasteiger partial charge in [-0.3, -0.25) is 15.1 Å². The second kappa shape index (κ2) is 15.4. The Balaban J connectivity index is 0.995. The molecule has 266 valence electrons. The van der Waals surface area contributed by atoms with Crippen molar-refractivity contribution >= 4 is 17.7 Å². The second-order valence-corrected chi connectivity index (χ2v) is 12.4. The van der Waals surface area contributed by atoms with Gasteiger partial charge in [-0.05, 0) is 55.3 Å². The van der Waals surface area contributed by atoms with Crippen LogP contribution in [0, 0.1) is 5.82 Å². The Labute approximate surface area is 282 Å². The van der Waals surface area contributed by atoms with Crippen LogP contribution in [0.4, 0.5) is 10.1 Å². The molecule has 4 aliphatic rings. The first-order valence-corrected chi connectivity index (χ1v) is 16.2. The van der Waals surface area contributed by atoms with E-state index in [1.807, 2.05) is 24.3 Å². The van der Waals surface area contributed by atoms with E-state index in [1.165, 1.54) is 31.2 Å². The molecule has 0 bridgehead atoms. The normalized spacial score (nSPS) is 31.2. The summed E-state index contributed by atoms with van der Waals surface area (Å²) >= 11 is 0. The van der Waals surface area contributed by atoms with Gasteiger partial charge in [0.05, 0.1) is 38.0 Å². The zero-order valence-corrected chi connectivity index (χ0v) is 27.2. The van der Waals surface area contributed by atoms with E-state index in [4.69, 9.17) is 28.5 Å². The molecule has 14 nitrogen and oxygen atoms in total. The van der Waals surface area contributed by atoms with E-state index in [1.54, 1.807) is 6.92 Å². The first-order chi connectivity index (χ1) is 23.6. The van der Waals surface area contributed by atoms with Gasteiger partial charge in [-0.25, -0.2) is 4.39 Å². The summed E-state index contributed by atoms with van der Waals surface area (Å²) in [5.41, 5.74) is 5.83. The highest BCUT2D eigenvalue weighted by atomic mass is 19.1. The third-order valence-electron chi connectivity index (χ3n) is 8.98. The molecule has 1 saturated carbocycles. The molecule has 0 unspecified atom stereocenters. The molecule has 0 spiro atoms. The number of carbonyl (C=O) groups is 1. The predicted molar refractivity (Wildman–Crippen MR) is 171 cm³/mol. The number of carbonyl (C=O) groups excluding carboxylic acids is 1. The predicted octanol–water partition coefficient (Wildman–Crippen LogP) is 0.827. The van der Waals surface area contributed by atoms with Crippen LogP contribution in [0.15, 0.2) is 59.5 Å². The van der Waals surface area contributed by atoms with Crippen LogP contribution in [0.25, 0.3) is 6.08 Å². The molecule has 3 aliphatic heterocycles. The maximum atomic E-state index is 15.1. The number of aliphatic hydroxyl groups excluding tert-OH is 4. The monoisotopic (exact) mass is 687 g/mol. The molecule has 2 aromatic rings. The highest BCUT2D eigenvalue weighted by Gasteiger charge is 2.53. The molecule has 0 radical (unpaired) electrons. The summed E-state index contributed by atoms with van der Waals surface area (Å²) in [4.78, 5) is 20.8. The van der Waals surface area contributed by atoms with Crippen LogP contribution in [0.2, 0.25) is 0 Å². The van der Waals surface area contributed by atoms with Crippen LogP contribution in [0.3, 0.4) is 0 Å². The van der Waals surface area contributed by atoms with Crippen LogP contribution in [-0.2, 0) is 35.2 Å². The fraction of sp³-hybridized carbons (Fsp3) is 0.500. The average molecular weight is 688 g/mol. The number of hydroxylamine groups is 1. The number of rotatable bonds is 10. The van der Waals surface area contributed by atoms with Crippen LogP contribution in [0.1, 0.15) is 31.4 Å². The summed E-state index contributed by atoms with van der Waals surface area (Å²) in [6.45, 7) is 6.44. The van der Waals surface area contributed by atoms with E-state index in [2.05, 4.69) is 15.7 Å². The van der Waals surface area contributed by atoms with Crippen molar-refractivity contribution in [2.24, 2.45) is 0 Å². The van der Waals surface area contributed by atoms with Crippen molar-refractivity contribution < 1.29 is 58.1 Å². The Kier molecular flexibility index (Phi) is 11.0. The fourth-order valence-electron chi connectivity index (χ4n) is 6.25. The van der Waals surface area contributed by atoms with Crippen LogP contribution < -0.4 is 20.4 Å². The third-order valence-corrected chi connectivity index (χ3v) is 8.98. The first kappa shape index (κ1) is 35.0. The number of allylic oxidation sites excluding steroid dienone is 1. The molecule has 49 heavy (non-hydrogen) atoms. The van der Waals surface area contributed by atoms with Crippen molar-refractivity contribution in [3.8, 4) is 5.75 Å². The summed E-state index contributed by atoms with van der Waals surface area (Å²) in [5, 5.41) is 44.5. The molecule has 6 N–H and O–H groups in total. The Morgan fingerprint density at radius 3 is 2.43 bits per heavy atom. The molecule has 3 heterocycles. The number of benzene rings is 2. The van der Waals surface area contributed by atoms with Gasteiger partial charge in [0, 0.05) is 24.4 Å². The van der Waals surface area contributed by atoms with Gasteiger partial charge in [-0.15, -0.1) is 0 Å². The number of morpholine rings is 1. The fourth-order valence-corrected chi connectivity index (χ4v) is 6.25. The van der Waals surface area contributed by atoms with Gasteiger partial charge < -0.3 is 54.3 Å². The highest BCUT2D eigenvalue weighted by molar-refractivity contribution is 5.97. The SMILES string of the molecule is CC(=Cc1ccc(O[C@H]2C[C@@H](O)C(=C(C)NOCc3ccc(N4CCOCC4)cc3)O2)c(F)c1)C(=O)N[C@@H]1[C@H](O)[C@@H](O)[C@H]2OCO[C@H]2[C@@H]1O. The lowest BCUT2D eigenvalue weighted by Gasteiger charge is -2.41.